The Morgan fingerprint density at radius 2 is 1.63 bits per heavy atom. The molecule has 2 heterocycles. The van der Waals surface area contributed by atoms with Gasteiger partial charge < -0.3 is 11.1 Å². The highest BCUT2D eigenvalue weighted by Crippen LogP contribution is 2.29. The molecule has 2 aromatic heterocycles. The van der Waals surface area contributed by atoms with Crippen LogP contribution in [0.5, 0.6) is 0 Å². The van der Waals surface area contributed by atoms with Crippen LogP contribution >= 0.6 is 0 Å². The van der Waals surface area contributed by atoms with Gasteiger partial charge in [0.1, 0.15) is 17.2 Å². The van der Waals surface area contributed by atoms with E-state index in [1.54, 1.807) is 46.9 Å². The highest BCUT2D eigenvalue weighted by Gasteiger charge is 2.17. The number of carbonyl (C=O) groups excluding carboxylic acids is 2. The van der Waals surface area contributed by atoms with Gasteiger partial charge in [-0.15, -0.1) is 0 Å². The van der Waals surface area contributed by atoms with E-state index in [1.165, 1.54) is 0 Å². The van der Waals surface area contributed by atoms with E-state index in [0.717, 1.165) is 0 Å². The van der Waals surface area contributed by atoms with Gasteiger partial charge in [-0.25, -0.2) is 4.98 Å². The number of carbonyl (C=O) groups is 2. The minimum atomic E-state index is -0.518. The molecule has 2 aromatic carbocycles. The summed E-state index contributed by atoms with van der Waals surface area (Å²) in [5, 5.41) is 2.94. The molecule has 3 N–H and O–H groups in total. The lowest BCUT2D eigenvalue weighted by Crippen LogP contribution is -2.14. The van der Waals surface area contributed by atoms with Gasteiger partial charge in [-0.3, -0.25) is 14.0 Å². The van der Waals surface area contributed by atoms with E-state index in [9.17, 15) is 9.59 Å². The van der Waals surface area contributed by atoms with Gasteiger partial charge >= 0.3 is 0 Å². The van der Waals surface area contributed by atoms with Crippen molar-refractivity contribution >= 4 is 23.3 Å². The highest BCUT2D eigenvalue weighted by molar-refractivity contribution is 6.06. The van der Waals surface area contributed by atoms with E-state index >= 15 is 0 Å². The van der Waals surface area contributed by atoms with Gasteiger partial charge in [-0.1, -0.05) is 36.4 Å². The highest BCUT2D eigenvalue weighted by atomic mass is 16.2. The zero-order valence-electron chi connectivity index (χ0n) is 14.3. The third kappa shape index (κ3) is 3.16. The van der Waals surface area contributed by atoms with Crippen molar-refractivity contribution in [3.8, 4) is 11.3 Å². The molecule has 6 heteroatoms. The largest absolute Gasteiger partial charge is 0.366 e. The lowest BCUT2D eigenvalue weighted by atomic mass is 10.1. The maximum atomic E-state index is 12.7. The first-order valence-corrected chi connectivity index (χ1v) is 8.37. The molecule has 6 nitrogen and oxygen atoms in total. The first-order valence-electron chi connectivity index (χ1n) is 8.37. The minimum Gasteiger partial charge on any atom is -0.366 e. The molecule has 0 radical (unpaired) electrons. The van der Waals surface area contributed by atoms with Crippen molar-refractivity contribution in [2.45, 2.75) is 0 Å². The second-order valence-electron chi connectivity index (χ2n) is 6.00. The average Bonchev–Trinajstić information content (AvgIpc) is 3.07. The minimum absolute atomic E-state index is 0.242. The van der Waals surface area contributed by atoms with Crippen LogP contribution in [0.2, 0.25) is 0 Å². The van der Waals surface area contributed by atoms with Crippen LogP contribution in [-0.4, -0.2) is 21.2 Å². The van der Waals surface area contributed by atoms with Gasteiger partial charge in [-0.05, 0) is 36.4 Å². The normalized spacial score (nSPS) is 10.7. The molecule has 0 spiro atoms. The number of amides is 2. The molecule has 132 valence electrons. The Morgan fingerprint density at radius 3 is 2.41 bits per heavy atom. The quantitative estimate of drug-likeness (QED) is 0.587. The number of hydrogen-bond acceptors (Lipinski definition) is 3. The summed E-state index contributed by atoms with van der Waals surface area (Å²) in [4.78, 5) is 28.8. The standard InChI is InChI=1S/C21H16N4O2/c22-19(26)16-10-6-9-15(13-16)18-20(25-12-5-4-11-17(25)23-18)24-21(27)14-7-2-1-3-8-14/h1-13H,(H2,22,26)(H,24,27). The molecule has 0 aliphatic heterocycles. The number of aromatic nitrogens is 2. The molecule has 27 heavy (non-hydrogen) atoms. The number of nitrogens with two attached hydrogens (primary N) is 1. The number of imidazole rings is 1. The molecule has 2 amide bonds. The number of fused-ring (bicyclic) bond motifs is 1. The fourth-order valence-electron chi connectivity index (χ4n) is 2.91. The molecule has 0 saturated carbocycles. The summed E-state index contributed by atoms with van der Waals surface area (Å²) in [7, 11) is 0. The summed E-state index contributed by atoms with van der Waals surface area (Å²) in [6, 6.07) is 21.4. The Bertz CT molecular complexity index is 1150. The molecule has 0 aliphatic rings. The van der Waals surface area contributed by atoms with E-state index in [0.29, 0.717) is 33.8 Å². The molecule has 4 rings (SSSR count). The smallest absolute Gasteiger partial charge is 0.256 e. The van der Waals surface area contributed by atoms with Crippen LogP contribution in [-0.2, 0) is 0 Å². The van der Waals surface area contributed by atoms with E-state index in [1.807, 2.05) is 36.5 Å². The van der Waals surface area contributed by atoms with Gasteiger partial charge in [0.15, 0.2) is 0 Å². The van der Waals surface area contributed by atoms with Gasteiger partial charge in [0, 0.05) is 22.9 Å². The zero-order valence-corrected chi connectivity index (χ0v) is 14.3. The van der Waals surface area contributed by atoms with E-state index in [4.69, 9.17) is 5.73 Å². The number of nitrogens with zero attached hydrogens (tertiary/aromatic N) is 2. The van der Waals surface area contributed by atoms with Crippen molar-refractivity contribution in [3.63, 3.8) is 0 Å². The summed E-state index contributed by atoms with van der Waals surface area (Å²) < 4.78 is 1.80. The van der Waals surface area contributed by atoms with Crippen molar-refractivity contribution in [2.75, 3.05) is 5.32 Å². The maximum absolute atomic E-state index is 12.7. The fourth-order valence-corrected chi connectivity index (χ4v) is 2.91. The van der Waals surface area contributed by atoms with Crippen LogP contribution in [0.1, 0.15) is 20.7 Å². The number of anilines is 1. The number of hydrogen-bond donors (Lipinski definition) is 2. The van der Waals surface area contributed by atoms with Gasteiger partial charge in [-0.2, -0.15) is 0 Å². The number of nitrogens with one attached hydrogen (secondary N) is 1. The Kier molecular flexibility index (Phi) is 4.14. The Balaban J connectivity index is 1.84. The van der Waals surface area contributed by atoms with E-state index < -0.39 is 5.91 Å². The van der Waals surface area contributed by atoms with Crippen LogP contribution in [0, 0.1) is 0 Å². The van der Waals surface area contributed by atoms with Gasteiger partial charge in [0.05, 0.1) is 0 Å². The van der Waals surface area contributed by atoms with Gasteiger partial charge in [0.2, 0.25) is 5.91 Å². The molecule has 4 aromatic rings. The van der Waals surface area contributed by atoms with Crippen LogP contribution in [0.4, 0.5) is 5.82 Å². The topological polar surface area (TPSA) is 89.5 Å². The molecule has 0 bridgehead atoms. The van der Waals surface area contributed by atoms with Crippen LogP contribution in [0.15, 0.2) is 79.0 Å². The van der Waals surface area contributed by atoms with Gasteiger partial charge in [0.25, 0.3) is 5.91 Å². The summed E-state index contributed by atoms with van der Waals surface area (Å²) in [5.74, 6) is -0.231. The summed E-state index contributed by atoms with van der Waals surface area (Å²) in [5.41, 5.74) is 8.26. The van der Waals surface area contributed by atoms with Crippen molar-refractivity contribution in [1.82, 2.24) is 9.38 Å². The average molecular weight is 356 g/mol. The van der Waals surface area contributed by atoms with Crippen LogP contribution in [0.25, 0.3) is 16.9 Å². The molecule has 0 unspecified atom stereocenters. The van der Waals surface area contributed by atoms with E-state index in [2.05, 4.69) is 10.3 Å². The summed E-state index contributed by atoms with van der Waals surface area (Å²) >= 11 is 0. The summed E-state index contributed by atoms with van der Waals surface area (Å²) in [6.45, 7) is 0. The molecular formula is C21H16N4O2. The SMILES string of the molecule is NC(=O)c1cccc(-c2nc3ccccn3c2NC(=O)c2ccccc2)c1. The fraction of sp³-hybridized carbons (Fsp3) is 0. The third-order valence-corrected chi connectivity index (χ3v) is 4.22. The number of pyridine rings is 1. The van der Waals surface area contributed by atoms with Crippen molar-refractivity contribution in [2.24, 2.45) is 5.73 Å². The number of rotatable bonds is 4. The molecule has 0 aliphatic carbocycles. The lowest BCUT2D eigenvalue weighted by Gasteiger charge is -2.08. The first kappa shape index (κ1) is 16.5. The van der Waals surface area contributed by atoms with Crippen molar-refractivity contribution < 1.29 is 9.59 Å². The Labute approximate surface area is 155 Å². The predicted molar refractivity (Wildman–Crippen MR) is 104 cm³/mol. The van der Waals surface area contributed by atoms with Crippen molar-refractivity contribution in [1.29, 1.82) is 0 Å². The van der Waals surface area contributed by atoms with Crippen LogP contribution in [0.3, 0.4) is 0 Å². The first-order chi connectivity index (χ1) is 13.1. The van der Waals surface area contributed by atoms with E-state index in [-0.39, 0.29) is 5.91 Å². The molecule has 0 fully saturated rings. The number of benzene rings is 2. The maximum Gasteiger partial charge on any atom is 0.256 e. The third-order valence-electron chi connectivity index (χ3n) is 4.22. The monoisotopic (exact) mass is 356 g/mol. The Hall–Kier alpha value is -3.93. The predicted octanol–water partition coefficient (Wildman–Crippen LogP) is 3.35. The van der Waals surface area contributed by atoms with Crippen LogP contribution < -0.4 is 11.1 Å². The van der Waals surface area contributed by atoms with Crippen molar-refractivity contribution in [3.05, 3.63) is 90.1 Å². The number of primary amides is 1. The lowest BCUT2D eigenvalue weighted by molar-refractivity contribution is 0.0997. The Morgan fingerprint density at radius 1 is 0.889 bits per heavy atom. The zero-order chi connectivity index (χ0) is 18.8. The molecule has 0 atom stereocenters. The second-order valence-corrected chi connectivity index (χ2v) is 6.00. The molecule has 0 saturated heterocycles. The molecular weight excluding hydrogens is 340 g/mol. The summed E-state index contributed by atoms with van der Waals surface area (Å²) in [6.07, 6.45) is 1.82. The second kappa shape index (κ2) is 6.76.